The highest BCUT2D eigenvalue weighted by atomic mass is 32.2. The number of nitrogens with one attached hydrogen (secondary N) is 3. The Balaban J connectivity index is 1.25. The second-order valence-electron chi connectivity index (χ2n) is 10.1. The van der Waals surface area contributed by atoms with Crippen LogP contribution >= 0.6 is 23.1 Å². The molecule has 2 aromatic carbocycles. The number of aryl methyl sites for hydroxylation is 1. The Kier molecular flexibility index (Phi) is 10.8. The summed E-state index contributed by atoms with van der Waals surface area (Å²) in [4.78, 5) is 57.9. The number of carbonyl (C=O) groups excluding carboxylic acids is 4. The lowest BCUT2D eigenvalue weighted by Gasteiger charge is -2.12. The maximum Gasteiger partial charge on any atom is 0.341 e. The van der Waals surface area contributed by atoms with E-state index in [9.17, 15) is 19.2 Å². The molecule has 0 fully saturated rings. The molecule has 0 atom stereocenters. The first kappa shape index (κ1) is 31.7. The quantitative estimate of drug-likeness (QED) is 0.0992. The van der Waals surface area contributed by atoms with Crippen molar-refractivity contribution in [3.05, 3.63) is 112 Å². The Labute approximate surface area is 269 Å². The number of hydrogen-bond donors (Lipinski definition) is 3. The number of rotatable bonds is 11. The summed E-state index contributed by atoms with van der Waals surface area (Å²) in [5.41, 5.74) is 3.07. The van der Waals surface area contributed by atoms with E-state index in [-0.39, 0.29) is 24.0 Å². The summed E-state index contributed by atoms with van der Waals surface area (Å²) >= 11 is 2.75. The SMILES string of the molecule is CCOC(=O)c1c(NC(=O)CSc2cccc(NC(=O)/C(=C/c3cccnc3)NC(=O)c3ccccc3)c2)sc2c1CCCC2. The van der Waals surface area contributed by atoms with Gasteiger partial charge in [0.25, 0.3) is 11.8 Å². The Hall–Kier alpha value is -4.74. The van der Waals surface area contributed by atoms with E-state index in [1.54, 1.807) is 86.1 Å². The van der Waals surface area contributed by atoms with Gasteiger partial charge in [-0.2, -0.15) is 0 Å². The zero-order valence-electron chi connectivity index (χ0n) is 24.6. The molecule has 0 saturated carbocycles. The summed E-state index contributed by atoms with van der Waals surface area (Å²) < 4.78 is 5.29. The standard InChI is InChI=1S/C34H32N4O5S2/c1-2-43-34(42)30-26-15-6-7-16-28(26)45-33(30)38-29(39)21-44-25-14-8-13-24(19-25)36-32(41)27(18-22-10-9-17-35-20-22)37-31(40)23-11-4-3-5-12-23/h3-5,8-14,17-20H,2,6-7,15-16,21H2,1H3,(H,36,41)(H,37,40)(H,38,39)/b27-18-. The van der Waals surface area contributed by atoms with Gasteiger partial charge in [0.05, 0.1) is 17.9 Å². The number of anilines is 2. The smallest absolute Gasteiger partial charge is 0.341 e. The molecule has 11 heteroatoms. The van der Waals surface area contributed by atoms with Crippen LogP contribution in [0.15, 0.2) is 89.7 Å². The van der Waals surface area contributed by atoms with Crippen LogP contribution < -0.4 is 16.0 Å². The molecule has 0 unspecified atom stereocenters. The number of benzene rings is 2. The van der Waals surface area contributed by atoms with E-state index in [0.717, 1.165) is 41.0 Å². The number of aromatic nitrogens is 1. The molecule has 9 nitrogen and oxygen atoms in total. The van der Waals surface area contributed by atoms with Gasteiger partial charge in [0.1, 0.15) is 10.7 Å². The lowest BCUT2D eigenvalue weighted by Crippen LogP contribution is -2.30. The minimum Gasteiger partial charge on any atom is -0.462 e. The third-order valence-corrected chi connectivity index (χ3v) is 9.09. The largest absolute Gasteiger partial charge is 0.462 e. The van der Waals surface area contributed by atoms with Gasteiger partial charge in [0, 0.05) is 33.4 Å². The van der Waals surface area contributed by atoms with E-state index in [2.05, 4.69) is 20.9 Å². The van der Waals surface area contributed by atoms with Gasteiger partial charge in [-0.05, 0) is 86.2 Å². The van der Waals surface area contributed by atoms with Crippen molar-refractivity contribution in [2.45, 2.75) is 37.5 Å². The molecule has 1 aliphatic carbocycles. The molecule has 0 saturated heterocycles. The number of nitrogens with zero attached hydrogens (tertiary/aromatic N) is 1. The van der Waals surface area contributed by atoms with Gasteiger partial charge in [-0.3, -0.25) is 19.4 Å². The third-order valence-electron chi connectivity index (χ3n) is 6.89. The number of amides is 3. The van der Waals surface area contributed by atoms with Gasteiger partial charge < -0.3 is 20.7 Å². The van der Waals surface area contributed by atoms with Crippen LogP contribution in [-0.2, 0) is 27.2 Å². The van der Waals surface area contributed by atoms with Crippen molar-refractivity contribution in [3.63, 3.8) is 0 Å². The topological polar surface area (TPSA) is 126 Å². The number of fused-ring (bicyclic) bond motifs is 1. The molecule has 0 aliphatic heterocycles. The fourth-order valence-corrected chi connectivity index (χ4v) is 6.87. The zero-order valence-corrected chi connectivity index (χ0v) is 26.3. The molecular weight excluding hydrogens is 609 g/mol. The van der Waals surface area contributed by atoms with Crippen molar-refractivity contribution >= 4 is 63.6 Å². The van der Waals surface area contributed by atoms with Gasteiger partial charge >= 0.3 is 5.97 Å². The van der Waals surface area contributed by atoms with Gasteiger partial charge in [-0.25, -0.2) is 4.79 Å². The number of carbonyl (C=O) groups is 4. The van der Waals surface area contributed by atoms with Crippen LogP contribution in [0, 0.1) is 0 Å². The van der Waals surface area contributed by atoms with Crippen molar-refractivity contribution in [3.8, 4) is 0 Å². The monoisotopic (exact) mass is 640 g/mol. The van der Waals surface area contributed by atoms with Crippen molar-refractivity contribution in [1.82, 2.24) is 10.3 Å². The molecule has 3 amide bonds. The van der Waals surface area contributed by atoms with Crippen LogP contribution in [-0.4, -0.2) is 41.0 Å². The predicted octanol–water partition coefficient (Wildman–Crippen LogP) is 6.34. The minimum atomic E-state index is -0.517. The Morgan fingerprint density at radius 3 is 2.58 bits per heavy atom. The van der Waals surface area contributed by atoms with Crippen molar-refractivity contribution in [1.29, 1.82) is 0 Å². The van der Waals surface area contributed by atoms with Crippen LogP contribution in [0.4, 0.5) is 10.7 Å². The van der Waals surface area contributed by atoms with Gasteiger partial charge in [0.15, 0.2) is 0 Å². The molecule has 2 heterocycles. The summed E-state index contributed by atoms with van der Waals surface area (Å²) in [5.74, 6) is -1.49. The van der Waals surface area contributed by atoms with Crippen molar-refractivity contribution < 1.29 is 23.9 Å². The predicted molar refractivity (Wildman–Crippen MR) is 177 cm³/mol. The fourth-order valence-electron chi connectivity index (χ4n) is 4.82. The van der Waals surface area contributed by atoms with Crippen molar-refractivity contribution in [2.24, 2.45) is 0 Å². The van der Waals surface area contributed by atoms with Crippen molar-refractivity contribution in [2.75, 3.05) is 23.0 Å². The number of pyridine rings is 1. The summed E-state index contributed by atoms with van der Waals surface area (Å²) in [6.07, 6.45) is 8.53. The van der Waals surface area contributed by atoms with E-state index < -0.39 is 17.8 Å². The molecule has 0 bridgehead atoms. The third kappa shape index (κ3) is 8.46. The second-order valence-corrected chi connectivity index (χ2v) is 12.3. The molecule has 0 radical (unpaired) electrons. The highest BCUT2D eigenvalue weighted by Crippen LogP contribution is 2.38. The first-order valence-electron chi connectivity index (χ1n) is 14.5. The van der Waals surface area contributed by atoms with Crippen LogP contribution in [0.25, 0.3) is 6.08 Å². The van der Waals surface area contributed by atoms with E-state index >= 15 is 0 Å². The number of esters is 1. The fraction of sp³-hybridized carbons (Fsp3) is 0.206. The van der Waals surface area contributed by atoms with Crippen LogP contribution in [0.3, 0.4) is 0 Å². The molecule has 4 aromatic rings. The maximum absolute atomic E-state index is 13.4. The van der Waals surface area contributed by atoms with Crippen LogP contribution in [0.2, 0.25) is 0 Å². The maximum atomic E-state index is 13.4. The first-order valence-corrected chi connectivity index (χ1v) is 16.4. The second kappa shape index (κ2) is 15.3. The molecule has 2 aromatic heterocycles. The molecular formula is C34H32N4O5S2. The average molecular weight is 641 g/mol. The molecule has 0 spiro atoms. The molecule has 45 heavy (non-hydrogen) atoms. The van der Waals surface area contributed by atoms with Crippen LogP contribution in [0.1, 0.15) is 56.5 Å². The molecule has 230 valence electrons. The van der Waals surface area contributed by atoms with E-state index in [1.165, 1.54) is 23.1 Å². The number of hydrogen-bond acceptors (Lipinski definition) is 8. The summed E-state index contributed by atoms with van der Waals surface area (Å²) in [5, 5.41) is 9.02. The Morgan fingerprint density at radius 1 is 0.978 bits per heavy atom. The minimum absolute atomic E-state index is 0.0466. The lowest BCUT2D eigenvalue weighted by atomic mass is 9.95. The normalized spacial score (nSPS) is 12.5. The number of ether oxygens (including phenoxy) is 1. The molecule has 5 rings (SSSR count). The number of thiophene rings is 1. The summed E-state index contributed by atoms with van der Waals surface area (Å²) in [6.45, 7) is 2.03. The summed E-state index contributed by atoms with van der Waals surface area (Å²) in [7, 11) is 0. The lowest BCUT2D eigenvalue weighted by molar-refractivity contribution is -0.114. The van der Waals surface area contributed by atoms with Gasteiger partial charge in [-0.1, -0.05) is 30.3 Å². The molecule has 3 N–H and O–H groups in total. The van der Waals surface area contributed by atoms with Crippen LogP contribution in [0.5, 0.6) is 0 Å². The number of thioether (sulfide) groups is 1. The summed E-state index contributed by atoms with van der Waals surface area (Å²) in [6, 6.07) is 19.2. The Bertz CT molecular complexity index is 1720. The Morgan fingerprint density at radius 2 is 1.80 bits per heavy atom. The first-order chi connectivity index (χ1) is 21.9. The van der Waals surface area contributed by atoms with Gasteiger partial charge in [-0.15, -0.1) is 23.1 Å². The highest BCUT2D eigenvalue weighted by molar-refractivity contribution is 8.00. The molecule has 1 aliphatic rings. The van der Waals surface area contributed by atoms with E-state index in [1.807, 2.05) is 6.07 Å². The van der Waals surface area contributed by atoms with E-state index in [0.29, 0.717) is 27.4 Å². The van der Waals surface area contributed by atoms with Gasteiger partial charge in [0.2, 0.25) is 5.91 Å². The highest BCUT2D eigenvalue weighted by Gasteiger charge is 2.27. The average Bonchev–Trinajstić information content (AvgIpc) is 3.42. The van der Waals surface area contributed by atoms with E-state index in [4.69, 9.17) is 4.74 Å². The zero-order chi connectivity index (χ0) is 31.6.